The third kappa shape index (κ3) is 5.01. The Morgan fingerprint density at radius 1 is 1.04 bits per heavy atom. The molecule has 1 aliphatic heterocycles. The predicted molar refractivity (Wildman–Crippen MR) is 94.3 cm³/mol. The summed E-state index contributed by atoms with van der Waals surface area (Å²) in [4.78, 5) is 0. The Morgan fingerprint density at radius 2 is 1.68 bits per heavy atom. The van der Waals surface area contributed by atoms with Crippen LogP contribution in [0.1, 0.15) is 25.7 Å². The Morgan fingerprint density at radius 3 is 2.24 bits per heavy atom. The number of nitrogens with two attached hydrogens (primary N) is 1. The molecule has 0 spiro atoms. The van der Waals surface area contributed by atoms with Crippen LogP contribution in [0.15, 0.2) is 24.3 Å². The SMILES string of the molecule is NNNCC1(CNc2ccc(NC3CCC(F)(F)CC3)cc2)COC1. The molecule has 6 nitrogen and oxygen atoms in total. The number of rotatable bonds is 8. The van der Waals surface area contributed by atoms with E-state index < -0.39 is 5.92 Å². The van der Waals surface area contributed by atoms with Crippen molar-refractivity contribution in [2.24, 2.45) is 11.3 Å². The van der Waals surface area contributed by atoms with Gasteiger partial charge in [-0.1, -0.05) is 0 Å². The molecule has 6 N–H and O–H groups in total. The van der Waals surface area contributed by atoms with Crippen LogP contribution in [0.5, 0.6) is 0 Å². The minimum absolute atomic E-state index is 0.0276. The zero-order valence-corrected chi connectivity index (χ0v) is 14.3. The third-order valence-electron chi connectivity index (χ3n) is 5.02. The lowest BCUT2D eigenvalue weighted by Gasteiger charge is -2.41. The monoisotopic (exact) mass is 355 g/mol. The molecule has 25 heavy (non-hydrogen) atoms. The van der Waals surface area contributed by atoms with Gasteiger partial charge in [-0.2, -0.15) is 5.53 Å². The molecule has 0 bridgehead atoms. The lowest BCUT2D eigenvalue weighted by atomic mass is 9.86. The van der Waals surface area contributed by atoms with Crippen LogP contribution < -0.4 is 27.4 Å². The van der Waals surface area contributed by atoms with E-state index >= 15 is 0 Å². The molecule has 1 aromatic carbocycles. The largest absolute Gasteiger partial charge is 0.384 e. The molecule has 1 saturated carbocycles. The van der Waals surface area contributed by atoms with Crippen molar-refractivity contribution in [3.8, 4) is 0 Å². The van der Waals surface area contributed by atoms with Gasteiger partial charge in [-0.3, -0.25) is 5.84 Å². The van der Waals surface area contributed by atoms with Gasteiger partial charge in [-0.05, 0) is 37.1 Å². The average molecular weight is 355 g/mol. The highest BCUT2D eigenvalue weighted by atomic mass is 19.3. The average Bonchev–Trinajstić information content (AvgIpc) is 2.57. The van der Waals surface area contributed by atoms with Crippen molar-refractivity contribution >= 4 is 11.4 Å². The highest BCUT2D eigenvalue weighted by Gasteiger charge is 2.38. The minimum Gasteiger partial charge on any atom is -0.384 e. The topological polar surface area (TPSA) is 83.4 Å². The molecule has 0 radical (unpaired) electrons. The molecule has 0 aromatic heterocycles. The van der Waals surface area contributed by atoms with Gasteiger partial charge in [0.25, 0.3) is 0 Å². The Bertz CT molecular complexity index is 540. The molecular formula is C17H27F2N5O. The maximum Gasteiger partial charge on any atom is 0.248 e. The molecule has 1 saturated heterocycles. The normalized spacial score (nSPS) is 22.2. The first-order chi connectivity index (χ1) is 12.0. The number of hydrogen-bond donors (Lipinski definition) is 5. The maximum atomic E-state index is 13.2. The van der Waals surface area contributed by atoms with Crippen LogP contribution >= 0.6 is 0 Å². The van der Waals surface area contributed by atoms with Gasteiger partial charge in [0.05, 0.1) is 13.2 Å². The van der Waals surface area contributed by atoms with Gasteiger partial charge < -0.3 is 15.4 Å². The Labute approximate surface area is 146 Å². The van der Waals surface area contributed by atoms with Gasteiger partial charge in [0.2, 0.25) is 5.92 Å². The van der Waals surface area contributed by atoms with E-state index in [2.05, 4.69) is 21.6 Å². The first kappa shape index (κ1) is 18.3. The highest BCUT2D eigenvalue weighted by Crippen LogP contribution is 2.34. The molecule has 0 atom stereocenters. The smallest absolute Gasteiger partial charge is 0.248 e. The van der Waals surface area contributed by atoms with Crippen molar-refractivity contribution in [3.63, 3.8) is 0 Å². The Hall–Kier alpha value is -1.48. The summed E-state index contributed by atoms with van der Waals surface area (Å²) in [5.41, 5.74) is 7.41. The minimum atomic E-state index is -2.48. The summed E-state index contributed by atoms with van der Waals surface area (Å²) in [6.45, 7) is 2.90. The van der Waals surface area contributed by atoms with Crippen molar-refractivity contribution in [2.75, 3.05) is 36.9 Å². The van der Waals surface area contributed by atoms with Gasteiger partial charge in [0, 0.05) is 48.8 Å². The number of anilines is 2. The van der Waals surface area contributed by atoms with Crippen LogP contribution in [-0.4, -0.2) is 38.3 Å². The molecule has 8 heteroatoms. The fourth-order valence-corrected chi connectivity index (χ4v) is 3.29. The van der Waals surface area contributed by atoms with Crippen LogP contribution in [0, 0.1) is 5.41 Å². The Kier molecular flexibility index (Phi) is 5.73. The van der Waals surface area contributed by atoms with Crippen LogP contribution in [0.4, 0.5) is 20.2 Å². The molecule has 3 rings (SSSR count). The lowest BCUT2D eigenvalue weighted by Crippen LogP contribution is -2.57. The zero-order valence-electron chi connectivity index (χ0n) is 14.3. The molecular weight excluding hydrogens is 328 g/mol. The van der Waals surface area contributed by atoms with E-state index in [4.69, 9.17) is 10.6 Å². The molecule has 1 aliphatic carbocycles. The summed E-state index contributed by atoms with van der Waals surface area (Å²) in [7, 11) is 0. The van der Waals surface area contributed by atoms with Gasteiger partial charge in [0.15, 0.2) is 0 Å². The maximum absolute atomic E-state index is 13.2. The molecule has 1 aromatic rings. The molecule has 1 heterocycles. The van der Waals surface area contributed by atoms with Crippen molar-refractivity contribution in [1.82, 2.24) is 11.0 Å². The van der Waals surface area contributed by atoms with E-state index in [1.165, 1.54) is 0 Å². The summed E-state index contributed by atoms with van der Waals surface area (Å²) in [6.07, 6.45) is 0.968. The fourth-order valence-electron chi connectivity index (χ4n) is 3.29. The number of hydrogen-bond acceptors (Lipinski definition) is 6. The van der Waals surface area contributed by atoms with Gasteiger partial charge in [-0.25, -0.2) is 14.2 Å². The number of hydrazine groups is 2. The second-order valence-electron chi connectivity index (χ2n) is 7.20. The van der Waals surface area contributed by atoms with E-state index in [1.54, 1.807) is 0 Å². The molecule has 0 amide bonds. The number of benzene rings is 1. The zero-order chi connectivity index (χ0) is 17.8. The van der Waals surface area contributed by atoms with Crippen LogP contribution in [0.25, 0.3) is 0 Å². The van der Waals surface area contributed by atoms with Crippen LogP contribution in [0.2, 0.25) is 0 Å². The first-order valence-electron chi connectivity index (χ1n) is 8.75. The van der Waals surface area contributed by atoms with Crippen molar-refractivity contribution in [3.05, 3.63) is 24.3 Å². The third-order valence-corrected chi connectivity index (χ3v) is 5.02. The van der Waals surface area contributed by atoms with Gasteiger partial charge >= 0.3 is 0 Å². The number of alkyl halides is 2. The van der Waals surface area contributed by atoms with Gasteiger partial charge in [0.1, 0.15) is 0 Å². The molecule has 2 fully saturated rings. The van der Waals surface area contributed by atoms with E-state index in [9.17, 15) is 8.78 Å². The van der Waals surface area contributed by atoms with Crippen molar-refractivity contribution in [2.45, 2.75) is 37.6 Å². The number of ether oxygens (including phenoxy) is 1. The van der Waals surface area contributed by atoms with E-state index in [0.717, 1.165) is 24.5 Å². The predicted octanol–water partition coefficient (Wildman–Crippen LogP) is 2.07. The van der Waals surface area contributed by atoms with Crippen LogP contribution in [-0.2, 0) is 4.74 Å². The summed E-state index contributed by atoms with van der Waals surface area (Å²) in [5.74, 6) is 2.77. The van der Waals surface area contributed by atoms with E-state index in [-0.39, 0.29) is 24.3 Å². The summed E-state index contributed by atoms with van der Waals surface area (Å²) in [6, 6.07) is 8.10. The van der Waals surface area contributed by atoms with E-state index in [1.807, 2.05) is 24.3 Å². The van der Waals surface area contributed by atoms with Crippen molar-refractivity contribution in [1.29, 1.82) is 0 Å². The summed E-state index contributed by atoms with van der Waals surface area (Å²) >= 11 is 0. The summed E-state index contributed by atoms with van der Waals surface area (Å²) < 4.78 is 31.7. The fraction of sp³-hybridized carbons (Fsp3) is 0.647. The Balaban J connectivity index is 1.46. The van der Waals surface area contributed by atoms with Crippen molar-refractivity contribution < 1.29 is 13.5 Å². The highest BCUT2D eigenvalue weighted by molar-refractivity contribution is 5.54. The molecule has 2 aliphatic rings. The second-order valence-corrected chi connectivity index (χ2v) is 7.20. The molecule has 140 valence electrons. The van der Waals surface area contributed by atoms with Crippen LogP contribution in [0.3, 0.4) is 0 Å². The van der Waals surface area contributed by atoms with Gasteiger partial charge in [-0.15, -0.1) is 0 Å². The quantitative estimate of drug-likeness (QED) is 0.363. The van der Waals surface area contributed by atoms with E-state index in [0.29, 0.717) is 26.1 Å². The second kappa shape index (κ2) is 7.82. The number of halogens is 2. The summed E-state index contributed by atoms with van der Waals surface area (Å²) in [5, 5.41) is 6.78. The molecule has 0 unspecified atom stereocenters. The number of nitrogens with one attached hydrogen (secondary N) is 4. The standard InChI is InChI=1S/C17H27F2N5O/c18-17(19)7-5-15(6-8-17)23-14-3-1-13(2-4-14)21-9-16(10-22-24-20)11-25-12-16/h1-4,15,21-24H,5-12,20H2. The lowest BCUT2D eigenvalue weighted by molar-refractivity contribution is -0.103. The first-order valence-corrected chi connectivity index (χ1v) is 8.75.